The lowest BCUT2D eigenvalue weighted by Crippen LogP contribution is -2.17. The Balaban J connectivity index is 2.87. The van der Waals surface area contributed by atoms with E-state index in [0.717, 1.165) is 5.56 Å². The van der Waals surface area contributed by atoms with Crippen LogP contribution in [-0.2, 0) is 16.5 Å². The van der Waals surface area contributed by atoms with Crippen molar-refractivity contribution in [1.82, 2.24) is 0 Å². The Morgan fingerprint density at radius 1 is 1.44 bits per heavy atom. The molecule has 98 valence electrons. The molecule has 1 N–H and O–H groups in total. The van der Waals surface area contributed by atoms with E-state index < -0.39 is 22.1 Å². The van der Waals surface area contributed by atoms with Crippen molar-refractivity contribution in [1.29, 1.82) is 0 Å². The van der Waals surface area contributed by atoms with E-state index in [9.17, 15) is 13.5 Å². The molecule has 0 bridgehead atoms. The van der Waals surface area contributed by atoms with Crippen LogP contribution in [0.3, 0.4) is 0 Å². The van der Waals surface area contributed by atoms with Crippen molar-refractivity contribution >= 4 is 16.0 Å². The number of rotatable bonds is 5. The molecule has 1 atom stereocenters. The molecule has 0 spiro atoms. The molecular formula is C12H14NO4S-. The van der Waals surface area contributed by atoms with Gasteiger partial charge < -0.3 is 5.11 Å². The first-order valence-corrected chi connectivity index (χ1v) is 6.78. The summed E-state index contributed by atoms with van der Waals surface area (Å²) in [6.45, 7) is 1.29. The van der Waals surface area contributed by atoms with Gasteiger partial charge in [0.25, 0.3) is 10.1 Å². The summed E-state index contributed by atoms with van der Waals surface area (Å²) >= 11 is 0. The summed E-state index contributed by atoms with van der Waals surface area (Å²) in [6.07, 6.45) is 1.59. The molecule has 6 heteroatoms. The molecule has 0 fully saturated rings. The quantitative estimate of drug-likeness (QED) is 0.485. The summed E-state index contributed by atoms with van der Waals surface area (Å²) in [7, 11) is -4.20. The molecule has 5 nitrogen and oxygen atoms in total. The van der Waals surface area contributed by atoms with Gasteiger partial charge in [-0.2, -0.15) is 8.42 Å². The lowest BCUT2D eigenvalue weighted by molar-refractivity contribution is -0.216. The third kappa shape index (κ3) is 6.17. The highest BCUT2D eigenvalue weighted by Crippen LogP contribution is 2.08. The summed E-state index contributed by atoms with van der Waals surface area (Å²) in [5.74, 6) is -0.393. The van der Waals surface area contributed by atoms with Gasteiger partial charge in [-0.05, 0) is 30.9 Å². The van der Waals surface area contributed by atoms with Crippen molar-refractivity contribution in [3.63, 3.8) is 0 Å². The van der Waals surface area contributed by atoms with Gasteiger partial charge in [-0.15, -0.1) is 0 Å². The zero-order valence-corrected chi connectivity index (χ0v) is 10.7. The molecular weight excluding hydrogens is 254 g/mol. The molecule has 0 aliphatic heterocycles. The first kappa shape index (κ1) is 14.4. The minimum Gasteiger partial charge on any atom is -0.862 e. The van der Waals surface area contributed by atoms with Crippen LogP contribution in [-0.4, -0.2) is 24.9 Å². The average molecular weight is 268 g/mol. The summed E-state index contributed by atoms with van der Waals surface area (Å²) < 4.78 is 29.9. The molecule has 0 aliphatic carbocycles. The highest BCUT2D eigenvalue weighted by Gasteiger charge is 2.05. The lowest BCUT2D eigenvalue weighted by Gasteiger charge is -2.12. The maximum atomic E-state index is 11.0. The summed E-state index contributed by atoms with van der Waals surface area (Å²) in [5, 5.41) is 11.6. The van der Waals surface area contributed by atoms with Crippen molar-refractivity contribution in [2.24, 2.45) is 4.99 Å². The van der Waals surface area contributed by atoms with Gasteiger partial charge in [0.05, 0.1) is 11.4 Å². The zero-order valence-electron chi connectivity index (χ0n) is 9.85. The van der Waals surface area contributed by atoms with Gasteiger partial charge in [0.1, 0.15) is 0 Å². The maximum Gasteiger partial charge on any atom is 0.287 e. The van der Waals surface area contributed by atoms with Crippen LogP contribution < -0.4 is 5.11 Å². The average Bonchev–Trinajstić information content (AvgIpc) is 2.25. The third-order valence-corrected chi connectivity index (χ3v) is 2.61. The Morgan fingerprint density at radius 2 is 2.06 bits per heavy atom. The molecule has 0 amide bonds. The second kappa shape index (κ2) is 6.32. The maximum absolute atomic E-state index is 11.0. The fourth-order valence-electron chi connectivity index (χ4n) is 1.44. The van der Waals surface area contributed by atoms with Gasteiger partial charge in [-0.3, -0.25) is 9.55 Å². The van der Waals surface area contributed by atoms with Crippen LogP contribution in [0, 0.1) is 0 Å². The van der Waals surface area contributed by atoms with Gasteiger partial charge >= 0.3 is 0 Å². The van der Waals surface area contributed by atoms with Crippen LogP contribution in [0.5, 0.6) is 0 Å². The van der Waals surface area contributed by atoms with Crippen LogP contribution in [0.4, 0.5) is 0 Å². The van der Waals surface area contributed by atoms with Crippen molar-refractivity contribution in [2.75, 3.05) is 0 Å². The molecule has 1 rings (SSSR count). The fraction of sp³-hybridized carbons (Fsp3) is 0.250. The Bertz CT molecular complexity index is 530. The lowest BCUT2D eigenvalue weighted by atomic mass is 10.1. The molecule has 0 aliphatic rings. The van der Waals surface area contributed by atoms with Crippen molar-refractivity contribution < 1.29 is 18.1 Å². The van der Waals surface area contributed by atoms with Crippen molar-refractivity contribution in [3.05, 3.63) is 47.4 Å². The van der Waals surface area contributed by atoms with E-state index in [2.05, 4.69) is 4.99 Å². The molecule has 0 unspecified atom stereocenters. The van der Waals surface area contributed by atoms with Gasteiger partial charge in [0.2, 0.25) is 0 Å². The molecule has 0 radical (unpaired) electrons. The first-order chi connectivity index (χ1) is 8.37. The van der Waals surface area contributed by atoms with E-state index in [-0.39, 0.29) is 0 Å². The largest absolute Gasteiger partial charge is 0.862 e. The normalized spacial score (nSPS) is 14.9. The van der Waals surface area contributed by atoms with Crippen LogP contribution >= 0.6 is 0 Å². The number of hydrogen-bond donors (Lipinski definition) is 1. The molecule has 0 saturated carbocycles. The summed E-state index contributed by atoms with van der Waals surface area (Å²) in [4.78, 5) is 3.77. The molecule has 0 aromatic heterocycles. The smallest absolute Gasteiger partial charge is 0.287 e. The number of nitrogens with zero attached hydrogens (tertiary/aromatic N) is 1. The minimum absolute atomic E-state index is 0.393. The monoisotopic (exact) mass is 268 g/mol. The van der Waals surface area contributed by atoms with E-state index >= 15 is 0 Å². The van der Waals surface area contributed by atoms with E-state index in [0.29, 0.717) is 11.8 Å². The highest BCUT2D eigenvalue weighted by atomic mass is 32.2. The zero-order chi connectivity index (χ0) is 13.6. The van der Waals surface area contributed by atoms with Crippen LogP contribution in [0.2, 0.25) is 0 Å². The second-order valence-corrected chi connectivity index (χ2v) is 5.05. The number of benzene rings is 1. The predicted molar refractivity (Wildman–Crippen MR) is 67.7 cm³/mol. The van der Waals surface area contributed by atoms with E-state index in [1.165, 1.54) is 13.0 Å². The summed E-state index contributed by atoms with van der Waals surface area (Å²) in [5.41, 5.74) is 0.924. The van der Waals surface area contributed by atoms with E-state index in [4.69, 9.17) is 4.55 Å². The van der Waals surface area contributed by atoms with E-state index in [1.54, 1.807) is 0 Å². The van der Waals surface area contributed by atoms with Crippen LogP contribution in [0.1, 0.15) is 12.5 Å². The third-order valence-electron chi connectivity index (χ3n) is 2.11. The van der Waals surface area contributed by atoms with Gasteiger partial charge in [-0.1, -0.05) is 30.3 Å². The number of hydrogen-bond acceptors (Lipinski definition) is 4. The van der Waals surface area contributed by atoms with Crippen LogP contribution in [0.25, 0.3) is 0 Å². The molecule has 1 aromatic carbocycles. The van der Waals surface area contributed by atoms with Gasteiger partial charge in [0.15, 0.2) is 0 Å². The standard InChI is InChI=1S/C12H15NO4S/c1-10(14)13-12(7-8-18(15,16)17)9-11-5-3-2-4-6-11/h2-8,12H,9H2,1H3,(H,13,14)(H,15,16,17)/p-1/b8-7+/t12-/m1/s1. The minimum atomic E-state index is -4.20. The topological polar surface area (TPSA) is 89.8 Å². The van der Waals surface area contributed by atoms with Crippen molar-refractivity contribution in [3.8, 4) is 0 Å². The Hall–Kier alpha value is -1.66. The molecule has 18 heavy (non-hydrogen) atoms. The Kier molecular flexibility index (Phi) is 5.06. The fourth-order valence-corrected chi connectivity index (χ4v) is 1.82. The van der Waals surface area contributed by atoms with Gasteiger partial charge in [0, 0.05) is 0 Å². The second-order valence-electron chi connectivity index (χ2n) is 3.75. The van der Waals surface area contributed by atoms with Crippen molar-refractivity contribution in [2.45, 2.75) is 19.4 Å². The highest BCUT2D eigenvalue weighted by molar-refractivity contribution is 7.88. The predicted octanol–water partition coefficient (Wildman–Crippen LogP) is 0.778. The molecule has 0 saturated heterocycles. The Morgan fingerprint density at radius 3 is 2.56 bits per heavy atom. The number of aliphatic imine (C=N–C) groups is 1. The van der Waals surface area contributed by atoms with E-state index in [1.807, 2.05) is 30.3 Å². The molecule has 1 aromatic rings. The Labute approximate surface area is 106 Å². The van der Waals surface area contributed by atoms with Gasteiger partial charge in [-0.25, -0.2) is 0 Å². The molecule has 0 heterocycles. The van der Waals surface area contributed by atoms with Crippen LogP contribution in [0.15, 0.2) is 46.8 Å². The SMILES string of the molecule is CC([O-])=N[C@H](/C=C/S(=O)(=O)O)Cc1ccccc1. The summed E-state index contributed by atoms with van der Waals surface area (Å²) in [6, 6.07) is 8.63. The first-order valence-electron chi connectivity index (χ1n) is 5.28.